The summed E-state index contributed by atoms with van der Waals surface area (Å²) in [5, 5.41) is 9.46. The van der Waals surface area contributed by atoms with E-state index in [0.29, 0.717) is 53.8 Å². The average molecular weight is 412 g/mol. The molecule has 0 fully saturated rings. The summed E-state index contributed by atoms with van der Waals surface area (Å²) in [4.78, 5) is 26.7. The summed E-state index contributed by atoms with van der Waals surface area (Å²) in [5.74, 6) is 0.540. The van der Waals surface area contributed by atoms with Crippen LogP contribution in [0.15, 0.2) is 34.9 Å². The van der Waals surface area contributed by atoms with Crippen LogP contribution in [0.25, 0.3) is 6.08 Å². The summed E-state index contributed by atoms with van der Waals surface area (Å²) in [6.07, 6.45) is 2.16. The van der Waals surface area contributed by atoms with Crippen molar-refractivity contribution in [2.45, 2.75) is 27.2 Å². The van der Waals surface area contributed by atoms with Crippen LogP contribution in [0.3, 0.4) is 0 Å². The van der Waals surface area contributed by atoms with Crippen molar-refractivity contribution >= 4 is 17.9 Å². The van der Waals surface area contributed by atoms with Crippen LogP contribution < -0.4 is 9.47 Å². The van der Waals surface area contributed by atoms with E-state index in [1.54, 1.807) is 39.4 Å². The van der Waals surface area contributed by atoms with Gasteiger partial charge in [0, 0.05) is 25.8 Å². The Hall–Kier alpha value is -3.11. The molecule has 1 aliphatic heterocycles. The summed E-state index contributed by atoms with van der Waals surface area (Å²) in [6.45, 7) is 6.89. The minimum atomic E-state index is -0.566. The van der Waals surface area contributed by atoms with Crippen LogP contribution in [-0.2, 0) is 14.3 Å². The zero-order chi connectivity index (χ0) is 22.3. The van der Waals surface area contributed by atoms with Gasteiger partial charge in [-0.1, -0.05) is 19.9 Å². The third-order valence-corrected chi connectivity index (χ3v) is 4.63. The first-order valence-electron chi connectivity index (χ1n) is 9.83. The van der Waals surface area contributed by atoms with Crippen molar-refractivity contribution < 1.29 is 23.8 Å². The van der Waals surface area contributed by atoms with Gasteiger partial charge < -0.3 is 14.2 Å². The molecule has 0 atom stereocenters. The van der Waals surface area contributed by atoms with E-state index in [1.807, 2.05) is 12.1 Å². The topological polar surface area (TPSA) is 88.9 Å². The maximum absolute atomic E-state index is 13.0. The van der Waals surface area contributed by atoms with Crippen molar-refractivity contribution in [3.63, 3.8) is 0 Å². The molecular formula is C23H28N2O5. The van der Waals surface area contributed by atoms with Gasteiger partial charge in [0.05, 0.1) is 13.7 Å². The number of rotatable bonds is 9. The molecule has 1 aromatic rings. The number of imide groups is 1. The number of carbonyl (C=O) groups excluding carboxylic acids is 2. The number of methoxy groups -OCH3 is 2. The number of hydrogen-bond acceptors (Lipinski definition) is 6. The lowest BCUT2D eigenvalue weighted by Gasteiger charge is -2.27. The van der Waals surface area contributed by atoms with Gasteiger partial charge in [0.2, 0.25) is 0 Å². The van der Waals surface area contributed by atoms with Crippen LogP contribution >= 0.6 is 0 Å². The van der Waals surface area contributed by atoms with Gasteiger partial charge in [0.1, 0.15) is 11.6 Å². The molecule has 7 nitrogen and oxygen atoms in total. The third kappa shape index (κ3) is 5.28. The summed E-state index contributed by atoms with van der Waals surface area (Å²) in [5.41, 5.74) is 1.35. The number of nitrogens with zero attached hydrogens (tertiary/aromatic N) is 2. The summed E-state index contributed by atoms with van der Waals surface area (Å²) in [7, 11) is 3.10. The standard InChI is InChI=1S/C23H28N2O5/c1-15(2)14-30-20-8-7-17(12-21(20)29-5)11-18-16(3)19(13-24)23(27)25(22(18)26)9-6-10-28-4/h7-8,11-12,15H,6,9-10,14H2,1-5H3/b18-11+. The molecule has 0 bridgehead atoms. The Morgan fingerprint density at radius 2 is 1.90 bits per heavy atom. The highest BCUT2D eigenvalue weighted by Gasteiger charge is 2.35. The minimum absolute atomic E-state index is 0.0258. The lowest BCUT2D eigenvalue weighted by atomic mass is 9.93. The maximum Gasteiger partial charge on any atom is 0.271 e. The lowest BCUT2D eigenvalue weighted by Crippen LogP contribution is -2.43. The van der Waals surface area contributed by atoms with Crippen molar-refractivity contribution in [1.29, 1.82) is 5.26 Å². The molecule has 0 aliphatic carbocycles. The Morgan fingerprint density at radius 1 is 1.17 bits per heavy atom. The van der Waals surface area contributed by atoms with Gasteiger partial charge >= 0.3 is 0 Å². The number of carbonyl (C=O) groups is 2. The zero-order valence-electron chi connectivity index (χ0n) is 18.2. The Morgan fingerprint density at radius 3 is 2.50 bits per heavy atom. The smallest absolute Gasteiger partial charge is 0.271 e. The third-order valence-electron chi connectivity index (χ3n) is 4.63. The van der Waals surface area contributed by atoms with Crippen molar-refractivity contribution in [2.24, 2.45) is 5.92 Å². The summed E-state index contributed by atoms with van der Waals surface area (Å²) in [6, 6.07) is 7.30. The van der Waals surface area contributed by atoms with Gasteiger partial charge in [-0.2, -0.15) is 5.26 Å². The van der Waals surface area contributed by atoms with E-state index in [4.69, 9.17) is 14.2 Å². The number of benzene rings is 1. The van der Waals surface area contributed by atoms with Gasteiger partial charge in [0.15, 0.2) is 11.5 Å². The Kier molecular flexibility index (Phi) is 8.19. The Bertz CT molecular complexity index is 909. The van der Waals surface area contributed by atoms with E-state index < -0.39 is 11.8 Å². The van der Waals surface area contributed by atoms with E-state index in [-0.39, 0.29) is 12.1 Å². The molecule has 2 rings (SSSR count). The predicted octanol–water partition coefficient (Wildman–Crippen LogP) is 3.36. The molecule has 0 radical (unpaired) electrons. The SMILES string of the molecule is COCCCN1C(=O)C(C#N)=C(C)/C(=C\c2ccc(OCC(C)C)c(OC)c2)C1=O. The minimum Gasteiger partial charge on any atom is -0.493 e. The van der Waals surface area contributed by atoms with Crippen LogP contribution in [-0.4, -0.2) is 50.7 Å². The number of ether oxygens (including phenoxy) is 3. The van der Waals surface area contributed by atoms with Crippen molar-refractivity contribution in [2.75, 3.05) is 34.0 Å². The van der Waals surface area contributed by atoms with Crippen molar-refractivity contribution in [1.82, 2.24) is 4.90 Å². The molecule has 2 amide bonds. The highest BCUT2D eigenvalue weighted by molar-refractivity contribution is 6.19. The van der Waals surface area contributed by atoms with Crippen molar-refractivity contribution in [3.8, 4) is 17.6 Å². The van der Waals surface area contributed by atoms with Gasteiger partial charge in [-0.05, 0) is 48.6 Å². The molecule has 1 heterocycles. The monoisotopic (exact) mass is 412 g/mol. The predicted molar refractivity (Wildman–Crippen MR) is 113 cm³/mol. The fraction of sp³-hybridized carbons (Fsp3) is 0.435. The van der Waals surface area contributed by atoms with E-state index in [9.17, 15) is 14.9 Å². The van der Waals surface area contributed by atoms with Crippen LogP contribution in [0.1, 0.15) is 32.8 Å². The molecule has 0 saturated heterocycles. The summed E-state index contributed by atoms with van der Waals surface area (Å²) < 4.78 is 16.2. The fourth-order valence-corrected chi connectivity index (χ4v) is 3.02. The largest absolute Gasteiger partial charge is 0.493 e. The van der Waals surface area contributed by atoms with Crippen molar-refractivity contribution in [3.05, 3.63) is 40.5 Å². The van der Waals surface area contributed by atoms with E-state index in [0.717, 1.165) is 4.90 Å². The second-order valence-corrected chi connectivity index (χ2v) is 7.39. The number of amides is 2. The van der Waals surface area contributed by atoms with Crippen LogP contribution in [0.5, 0.6) is 11.5 Å². The van der Waals surface area contributed by atoms with Gasteiger partial charge in [0.25, 0.3) is 11.8 Å². The first-order chi connectivity index (χ1) is 14.3. The highest BCUT2D eigenvalue weighted by Crippen LogP contribution is 2.32. The van der Waals surface area contributed by atoms with E-state index >= 15 is 0 Å². The summed E-state index contributed by atoms with van der Waals surface area (Å²) >= 11 is 0. The second-order valence-electron chi connectivity index (χ2n) is 7.39. The first-order valence-corrected chi connectivity index (χ1v) is 9.83. The van der Waals surface area contributed by atoms with Gasteiger partial charge in [-0.25, -0.2) is 0 Å². The molecule has 1 aromatic carbocycles. The molecule has 0 N–H and O–H groups in total. The van der Waals surface area contributed by atoms with Crippen LogP contribution in [0, 0.1) is 17.2 Å². The highest BCUT2D eigenvalue weighted by atomic mass is 16.5. The zero-order valence-corrected chi connectivity index (χ0v) is 18.2. The van der Waals surface area contributed by atoms with Gasteiger partial charge in [-0.15, -0.1) is 0 Å². The van der Waals surface area contributed by atoms with E-state index in [1.165, 1.54) is 0 Å². The van der Waals surface area contributed by atoms with E-state index in [2.05, 4.69) is 13.8 Å². The molecule has 1 aliphatic rings. The molecule has 160 valence electrons. The van der Waals surface area contributed by atoms with Gasteiger partial charge in [-0.3, -0.25) is 14.5 Å². The lowest BCUT2D eigenvalue weighted by molar-refractivity contribution is -0.140. The molecule has 0 aromatic heterocycles. The average Bonchev–Trinajstić information content (AvgIpc) is 2.72. The second kappa shape index (κ2) is 10.6. The molecule has 7 heteroatoms. The molecule has 0 unspecified atom stereocenters. The molecule has 30 heavy (non-hydrogen) atoms. The number of hydrogen-bond donors (Lipinski definition) is 0. The Labute approximate surface area is 177 Å². The first kappa shape index (κ1) is 23.2. The molecule has 0 spiro atoms. The Balaban J connectivity index is 2.42. The van der Waals surface area contributed by atoms with Crippen LogP contribution in [0.4, 0.5) is 0 Å². The fourth-order valence-electron chi connectivity index (χ4n) is 3.02. The molecule has 0 saturated carbocycles. The van der Waals surface area contributed by atoms with Crippen LogP contribution in [0.2, 0.25) is 0 Å². The number of nitriles is 1. The quantitative estimate of drug-likeness (QED) is 0.351. The maximum atomic E-state index is 13.0. The normalized spacial score (nSPS) is 15.8. The molecular weight excluding hydrogens is 384 g/mol.